The Kier molecular flexibility index (Phi) is 5.04. The van der Waals surface area contributed by atoms with Gasteiger partial charge in [-0.15, -0.1) is 0 Å². The first-order valence-corrected chi connectivity index (χ1v) is 5.48. The van der Waals surface area contributed by atoms with Crippen LogP contribution >= 0.6 is 0 Å². The molecular formula is C10H19N3O3. The van der Waals surface area contributed by atoms with Crippen molar-refractivity contribution in [1.29, 1.82) is 0 Å². The van der Waals surface area contributed by atoms with Crippen molar-refractivity contribution in [2.45, 2.75) is 32.2 Å². The van der Waals surface area contributed by atoms with Gasteiger partial charge in [0.25, 0.3) is 0 Å². The molecule has 1 saturated heterocycles. The Labute approximate surface area is 94.8 Å². The summed E-state index contributed by atoms with van der Waals surface area (Å²) in [6.07, 6.45) is 2.13. The number of carbonyl (C=O) groups excluding carboxylic acids is 1. The van der Waals surface area contributed by atoms with Gasteiger partial charge in [0.2, 0.25) is 5.91 Å². The Balaban J connectivity index is 2.32. The van der Waals surface area contributed by atoms with E-state index in [0.29, 0.717) is 13.0 Å². The molecule has 2 atom stereocenters. The predicted octanol–water partition coefficient (Wildman–Crippen LogP) is 0.0542. The summed E-state index contributed by atoms with van der Waals surface area (Å²) in [5.74, 6) is 0.0362. The maximum atomic E-state index is 11.7. The van der Waals surface area contributed by atoms with Crippen molar-refractivity contribution in [2.75, 3.05) is 13.2 Å². The zero-order valence-electron chi connectivity index (χ0n) is 9.48. The molecule has 1 fully saturated rings. The van der Waals surface area contributed by atoms with Gasteiger partial charge in [0.05, 0.1) is 12.5 Å². The van der Waals surface area contributed by atoms with Crippen LogP contribution in [0.4, 0.5) is 0 Å². The molecule has 0 radical (unpaired) electrons. The van der Waals surface area contributed by atoms with Crippen molar-refractivity contribution < 1.29 is 14.7 Å². The third-order valence-electron chi connectivity index (χ3n) is 2.56. The zero-order valence-corrected chi connectivity index (χ0v) is 9.48. The molecule has 0 saturated carbocycles. The molecule has 1 heterocycles. The summed E-state index contributed by atoms with van der Waals surface area (Å²) in [5, 5.41) is 14.1. The van der Waals surface area contributed by atoms with Gasteiger partial charge < -0.3 is 21.0 Å². The standard InChI is InChI=1S/C10H19N3O3/c1-7(5-9(11)13-15)12-10(14)8-3-2-4-16-6-8/h7-8,15H,2-6H2,1H3,(H2,11,13)(H,12,14). The number of hydrogen-bond acceptors (Lipinski definition) is 4. The van der Waals surface area contributed by atoms with Crippen LogP contribution in [0.3, 0.4) is 0 Å². The average Bonchev–Trinajstić information content (AvgIpc) is 2.29. The van der Waals surface area contributed by atoms with Gasteiger partial charge in [-0.2, -0.15) is 0 Å². The van der Waals surface area contributed by atoms with E-state index in [0.717, 1.165) is 19.4 Å². The number of ether oxygens (including phenoxy) is 1. The number of amidine groups is 1. The molecule has 1 amide bonds. The lowest BCUT2D eigenvalue weighted by Crippen LogP contribution is -2.41. The Bertz CT molecular complexity index is 262. The average molecular weight is 229 g/mol. The van der Waals surface area contributed by atoms with E-state index in [1.807, 2.05) is 6.92 Å². The highest BCUT2D eigenvalue weighted by atomic mass is 16.5. The van der Waals surface area contributed by atoms with Gasteiger partial charge in [0.15, 0.2) is 0 Å². The Hall–Kier alpha value is -1.30. The van der Waals surface area contributed by atoms with Crippen molar-refractivity contribution in [3.63, 3.8) is 0 Å². The molecule has 92 valence electrons. The molecule has 0 aromatic carbocycles. The van der Waals surface area contributed by atoms with Crippen LogP contribution in [0.2, 0.25) is 0 Å². The molecule has 0 aromatic heterocycles. The fourth-order valence-corrected chi connectivity index (χ4v) is 1.71. The third-order valence-corrected chi connectivity index (χ3v) is 2.56. The minimum atomic E-state index is -0.134. The van der Waals surface area contributed by atoms with E-state index in [-0.39, 0.29) is 23.7 Å². The number of nitrogens with two attached hydrogens (primary N) is 1. The van der Waals surface area contributed by atoms with Crippen molar-refractivity contribution in [3.05, 3.63) is 0 Å². The summed E-state index contributed by atoms with van der Waals surface area (Å²) in [5.41, 5.74) is 5.35. The molecule has 1 aliphatic rings. The van der Waals surface area contributed by atoms with Crippen molar-refractivity contribution >= 4 is 11.7 Å². The third kappa shape index (κ3) is 4.06. The lowest BCUT2D eigenvalue weighted by Gasteiger charge is -2.23. The highest BCUT2D eigenvalue weighted by molar-refractivity contribution is 5.82. The molecule has 16 heavy (non-hydrogen) atoms. The molecule has 6 nitrogen and oxygen atoms in total. The van der Waals surface area contributed by atoms with E-state index in [4.69, 9.17) is 15.7 Å². The molecule has 0 bridgehead atoms. The predicted molar refractivity (Wildman–Crippen MR) is 59.2 cm³/mol. The molecule has 4 N–H and O–H groups in total. The van der Waals surface area contributed by atoms with Gasteiger partial charge >= 0.3 is 0 Å². The summed E-state index contributed by atoms with van der Waals surface area (Å²) < 4.78 is 5.24. The maximum absolute atomic E-state index is 11.7. The second-order valence-corrected chi connectivity index (χ2v) is 4.12. The van der Waals surface area contributed by atoms with Crippen molar-refractivity contribution in [2.24, 2.45) is 16.8 Å². The Morgan fingerprint density at radius 1 is 1.75 bits per heavy atom. The number of oxime groups is 1. The molecule has 0 aromatic rings. The SMILES string of the molecule is CC(CC(N)=NO)NC(=O)C1CCCOC1. The van der Waals surface area contributed by atoms with Gasteiger partial charge in [-0.3, -0.25) is 4.79 Å². The topological polar surface area (TPSA) is 96.9 Å². The van der Waals surface area contributed by atoms with Gasteiger partial charge in [-0.25, -0.2) is 0 Å². The van der Waals surface area contributed by atoms with E-state index in [1.165, 1.54) is 0 Å². The summed E-state index contributed by atoms with van der Waals surface area (Å²) in [7, 11) is 0. The minimum Gasteiger partial charge on any atom is -0.409 e. The van der Waals surface area contributed by atoms with Gasteiger partial charge in [0.1, 0.15) is 5.84 Å². The first-order chi connectivity index (χ1) is 7.63. The van der Waals surface area contributed by atoms with Gasteiger partial charge in [-0.05, 0) is 19.8 Å². The monoisotopic (exact) mass is 229 g/mol. The fourth-order valence-electron chi connectivity index (χ4n) is 1.71. The summed E-state index contributed by atoms with van der Waals surface area (Å²) in [6, 6.07) is -0.134. The van der Waals surface area contributed by atoms with Crippen molar-refractivity contribution in [3.8, 4) is 0 Å². The van der Waals surface area contributed by atoms with Gasteiger partial charge in [-0.1, -0.05) is 5.16 Å². The number of nitrogens with zero attached hydrogens (tertiary/aromatic N) is 1. The molecule has 6 heteroatoms. The summed E-state index contributed by atoms with van der Waals surface area (Å²) in [4.78, 5) is 11.7. The van der Waals surface area contributed by atoms with Crippen LogP contribution < -0.4 is 11.1 Å². The lowest BCUT2D eigenvalue weighted by molar-refractivity contribution is -0.129. The number of hydrogen-bond donors (Lipinski definition) is 3. The Morgan fingerprint density at radius 3 is 3.06 bits per heavy atom. The molecule has 0 aliphatic carbocycles. The second kappa shape index (κ2) is 6.32. The number of nitrogens with one attached hydrogen (secondary N) is 1. The smallest absolute Gasteiger partial charge is 0.225 e. The van der Waals surface area contributed by atoms with Crippen LogP contribution in [0.15, 0.2) is 5.16 Å². The molecule has 1 rings (SSSR count). The van der Waals surface area contributed by atoms with E-state index < -0.39 is 0 Å². The van der Waals surface area contributed by atoms with Crippen LogP contribution in [-0.4, -0.2) is 36.2 Å². The number of rotatable bonds is 4. The van der Waals surface area contributed by atoms with Crippen LogP contribution in [0.25, 0.3) is 0 Å². The quantitative estimate of drug-likeness (QED) is 0.275. The maximum Gasteiger partial charge on any atom is 0.225 e. The van der Waals surface area contributed by atoms with Crippen LogP contribution in [0.5, 0.6) is 0 Å². The second-order valence-electron chi connectivity index (χ2n) is 4.12. The highest BCUT2D eigenvalue weighted by Crippen LogP contribution is 2.13. The van der Waals surface area contributed by atoms with E-state index in [2.05, 4.69) is 10.5 Å². The molecular weight excluding hydrogens is 210 g/mol. The highest BCUT2D eigenvalue weighted by Gasteiger charge is 2.22. The molecule has 0 spiro atoms. The lowest BCUT2D eigenvalue weighted by atomic mass is 10.0. The van der Waals surface area contributed by atoms with Crippen LogP contribution in [-0.2, 0) is 9.53 Å². The molecule has 1 aliphatic heterocycles. The number of amides is 1. The first kappa shape index (κ1) is 12.8. The summed E-state index contributed by atoms with van der Waals surface area (Å²) in [6.45, 7) is 3.05. The Morgan fingerprint density at radius 2 is 2.50 bits per heavy atom. The van der Waals surface area contributed by atoms with E-state index in [9.17, 15) is 4.79 Å². The van der Waals surface area contributed by atoms with Crippen LogP contribution in [0, 0.1) is 5.92 Å². The summed E-state index contributed by atoms with van der Waals surface area (Å²) >= 11 is 0. The zero-order chi connectivity index (χ0) is 12.0. The molecule has 2 unspecified atom stereocenters. The van der Waals surface area contributed by atoms with Crippen LogP contribution in [0.1, 0.15) is 26.2 Å². The first-order valence-electron chi connectivity index (χ1n) is 5.48. The normalized spacial score (nSPS) is 23.8. The van der Waals surface area contributed by atoms with E-state index in [1.54, 1.807) is 0 Å². The largest absolute Gasteiger partial charge is 0.409 e. The van der Waals surface area contributed by atoms with Crippen molar-refractivity contribution in [1.82, 2.24) is 5.32 Å². The van der Waals surface area contributed by atoms with Gasteiger partial charge in [0, 0.05) is 19.1 Å². The minimum absolute atomic E-state index is 0.0158. The fraction of sp³-hybridized carbons (Fsp3) is 0.800. The van der Waals surface area contributed by atoms with E-state index >= 15 is 0 Å². The number of carbonyl (C=O) groups is 1.